The van der Waals surface area contributed by atoms with Crippen molar-refractivity contribution in [2.24, 2.45) is 0 Å². The molecule has 102 valence electrons. The molecule has 5 nitrogen and oxygen atoms in total. The molecule has 0 unspecified atom stereocenters. The van der Waals surface area contributed by atoms with Gasteiger partial charge in [-0.3, -0.25) is 0 Å². The summed E-state index contributed by atoms with van der Waals surface area (Å²) in [7, 11) is -1.49. The van der Waals surface area contributed by atoms with Crippen molar-refractivity contribution in [2.75, 3.05) is 45.0 Å². The molecule has 0 saturated carbocycles. The van der Waals surface area contributed by atoms with Crippen LogP contribution in [0, 0.1) is 0 Å². The summed E-state index contributed by atoms with van der Waals surface area (Å²) >= 11 is 0. The maximum Gasteiger partial charge on any atom is 0.175 e. The number of ether oxygens (including phenoxy) is 2. The third kappa shape index (κ3) is 5.48. The van der Waals surface area contributed by atoms with E-state index in [9.17, 15) is 8.42 Å². The Morgan fingerprint density at radius 2 is 1.78 bits per heavy atom. The highest BCUT2D eigenvalue weighted by Crippen LogP contribution is 2.13. The SMILES string of the molecule is COCCOCCNc1ccc(S(C)(=O)=O)cc1. The Morgan fingerprint density at radius 1 is 1.11 bits per heavy atom. The van der Waals surface area contributed by atoms with Crippen molar-refractivity contribution in [2.45, 2.75) is 4.90 Å². The number of sulfone groups is 1. The van der Waals surface area contributed by atoms with E-state index in [1.54, 1.807) is 31.4 Å². The number of benzene rings is 1. The Morgan fingerprint density at radius 3 is 2.33 bits per heavy atom. The number of hydrogen-bond donors (Lipinski definition) is 1. The molecule has 6 heteroatoms. The number of methoxy groups -OCH3 is 1. The van der Waals surface area contributed by atoms with Crippen LogP contribution >= 0.6 is 0 Å². The summed E-state index contributed by atoms with van der Waals surface area (Å²) in [6.45, 7) is 2.41. The van der Waals surface area contributed by atoms with Crippen LogP contribution < -0.4 is 5.32 Å². The summed E-state index contributed by atoms with van der Waals surface area (Å²) in [4.78, 5) is 0.324. The summed E-state index contributed by atoms with van der Waals surface area (Å²) in [5, 5.41) is 3.14. The molecule has 1 N–H and O–H groups in total. The summed E-state index contributed by atoms with van der Waals surface area (Å²) in [5.41, 5.74) is 0.873. The van der Waals surface area contributed by atoms with Gasteiger partial charge in [-0.25, -0.2) is 8.42 Å². The van der Waals surface area contributed by atoms with Crippen LogP contribution in [0.25, 0.3) is 0 Å². The fourth-order valence-corrected chi connectivity index (χ4v) is 1.96. The summed E-state index contributed by atoms with van der Waals surface area (Å²) in [6, 6.07) is 6.66. The Hall–Kier alpha value is -1.11. The first-order valence-electron chi connectivity index (χ1n) is 5.64. The molecule has 0 bridgehead atoms. The average Bonchev–Trinajstić information content (AvgIpc) is 2.33. The molecule has 0 radical (unpaired) electrons. The lowest BCUT2D eigenvalue weighted by molar-refractivity contribution is 0.0759. The minimum absolute atomic E-state index is 0.324. The van der Waals surface area contributed by atoms with Gasteiger partial charge in [0.05, 0.1) is 24.7 Å². The largest absolute Gasteiger partial charge is 0.383 e. The lowest BCUT2D eigenvalue weighted by atomic mass is 10.3. The highest BCUT2D eigenvalue weighted by atomic mass is 32.2. The molecular weight excluding hydrogens is 254 g/mol. The number of hydrogen-bond acceptors (Lipinski definition) is 5. The van der Waals surface area contributed by atoms with Crippen LogP contribution in [0.1, 0.15) is 0 Å². The van der Waals surface area contributed by atoms with Gasteiger partial charge in [0.15, 0.2) is 9.84 Å². The molecule has 0 aliphatic carbocycles. The second-order valence-electron chi connectivity index (χ2n) is 3.83. The van der Waals surface area contributed by atoms with Crippen molar-refractivity contribution in [1.29, 1.82) is 0 Å². The van der Waals surface area contributed by atoms with Gasteiger partial charge in [-0.05, 0) is 24.3 Å². The van der Waals surface area contributed by atoms with Gasteiger partial charge in [-0.1, -0.05) is 0 Å². The summed E-state index contributed by atoms with van der Waals surface area (Å²) < 4.78 is 32.6. The first-order chi connectivity index (χ1) is 8.54. The Balaban J connectivity index is 2.32. The first-order valence-corrected chi connectivity index (χ1v) is 7.54. The second-order valence-corrected chi connectivity index (χ2v) is 5.84. The molecule has 0 atom stereocenters. The van der Waals surface area contributed by atoms with E-state index in [4.69, 9.17) is 9.47 Å². The quantitative estimate of drug-likeness (QED) is 0.720. The molecule has 18 heavy (non-hydrogen) atoms. The molecule has 0 fully saturated rings. The fourth-order valence-electron chi connectivity index (χ4n) is 1.33. The van der Waals surface area contributed by atoms with Crippen LogP contribution in [-0.4, -0.2) is 48.1 Å². The smallest absolute Gasteiger partial charge is 0.175 e. The van der Waals surface area contributed by atoms with Gasteiger partial charge in [0.2, 0.25) is 0 Å². The van der Waals surface area contributed by atoms with E-state index in [1.165, 1.54) is 6.26 Å². The molecule has 0 aromatic heterocycles. The van der Waals surface area contributed by atoms with Gasteiger partial charge in [-0.15, -0.1) is 0 Å². The van der Waals surface area contributed by atoms with Crippen LogP contribution in [0.2, 0.25) is 0 Å². The standard InChI is InChI=1S/C12H19NO4S/c1-16-9-10-17-8-7-13-11-3-5-12(6-4-11)18(2,14)15/h3-6,13H,7-10H2,1-2H3. The highest BCUT2D eigenvalue weighted by molar-refractivity contribution is 7.90. The van der Waals surface area contributed by atoms with Crippen molar-refractivity contribution >= 4 is 15.5 Å². The zero-order valence-corrected chi connectivity index (χ0v) is 11.5. The van der Waals surface area contributed by atoms with Gasteiger partial charge in [-0.2, -0.15) is 0 Å². The monoisotopic (exact) mass is 273 g/mol. The number of nitrogens with one attached hydrogen (secondary N) is 1. The maximum absolute atomic E-state index is 11.3. The molecule has 0 saturated heterocycles. The Bertz CT molecular complexity index is 442. The molecule has 0 aliphatic rings. The minimum atomic E-state index is -3.12. The maximum atomic E-state index is 11.3. The molecule has 0 amide bonds. The van der Waals surface area contributed by atoms with Crippen LogP contribution in [0.5, 0.6) is 0 Å². The normalized spacial score (nSPS) is 11.4. The van der Waals surface area contributed by atoms with Crippen molar-refractivity contribution < 1.29 is 17.9 Å². The van der Waals surface area contributed by atoms with Crippen LogP contribution in [0.4, 0.5) is 5.69 Å². The number of rotatable bonds is 8. The lowest BCUT2D eigenvalue weighted by Crippen LogP contribution is -2.12. The predicted molar refractivity (Wildman–Crippen MR) is 70.7 cm³/mol. The Labute approximate surface area is 108 Å². The second kappa shape index (κ2) is 7.35. The van der Waals surface area contributed by atoms with Gasteiger partial charge in [0, 0.05) is 25.6 Å². The van der Waals surface area contributed by atoms with Crippen molar-refractivity contribution in [1.82, 2.24) is 0 Å². The van der Waals surface area contributed by atoms with E-state index >= 15 is 0 Å². The molecule has 0 aliphatic heterocycles. The third-order valence-electron chi connectivity index (χ3n) is 2.29. The molecule has 0 spiro atoms. The van der Waals surface area contributed by atoms with E-state index in [-0.39, 0.29) is 0 Å². The zero-order valence-electron chi connectivity index (χ0n) is 10.7. The topological polar surface area (TPSA) is 64.6 Å². The third-order valence-corrected chi connectivity index (χ3v) is 3.42. The number of anilines is 1. The lowest BCUT2D eigenvalue weighted by Gasteiger charge is -2.07. The van der Waals surface area contributed by atoms with Crippen molar-refractivity contribution in [3.63, 3.8) is 0 Å². The van der Waals surface area contributed by atoms with Crippen molar-refractivity contribution in [3.05, 3.63) is 24.3 Å². The van der Waals surface area contributed by atoms with E-state index in [1.807, 2.05) is 0 Å². The average molecular weight is 273 g/mol. The van der Waals surface area contributed by atoms with E-state index in [0.717, 1.165) is 5.69 Å². The molecule has 1 aromatic rings. The molecule has 1 aromatic carbocycles. The molecular formula is C12H19NO4S. The van der Waals surface area contributed by atoms with Crippen LogP contribution in [0.15, 0.2) is 29.2 Å². The fraction of sp³-hybridized carbons (Fsp3) is 0.500. The highest BCUT2D eigenvalue weighted by Gasteiger charge is 2.05. The first kappa shape index (κ1) is 14.9. The predicted octanol–water partition coefficient (Wildman–Crippen LogP) is 1.17. The van der Waals surface area contributed by atoms with Crippen molar-refractivity contribution in [3.8, 4) is 0 Å². The van der Waals surface area contributed by atoms with Gasteiger partial charge >= 0.3 is 0 Å². The van der Waals surface area contributed by atoms with Gasteiger partial charge in [0.25, 0.3) is 0 Å². The van der Waals surface area contributed by atoms with E-state index in [0.29, 0.717) is 31.3 Å². The summed E-state index contributed by atoms with van der Waals surface area (Å²) in [5.74, 6) is 0. The van der Waals surface area contributed by atoms with Crippen LogP contribution in [0.3, 0.4) is 0 Å². The Kier molecular flexibility index (Phi) is 6.11. The van der Waals surface area contributed by atoms with Crippen LogP contribution in [-0.2, 0) is 19.3 Å². The summed E-state index contributed by atoms with van der Waals surface area (Å²) in [6.07, 6.45) is 1.19. The molecule has 1 rings (SSSR count). The van der Waals surface area contributed by atoms with Gasteiger partial charge < -0.3 is 14.8 Å². The minimum Gasteiger partial charge on any atom is -0.383 e. The van der Waals surface area contributed by atoms with E-state index < -0.39 is 9.84 Å². The zero-order chi connectivity index (χ0) is 13.4. The molecule has 0 heterocycles. The van der Waals surface area contributed by atoms with E-state index in [2.05, 4.69) is 5.32 Å². The van der Waals surface area contributed by atoms with Gasteiger partial charge in [0.1, 0.15) is 0 Å².